The first-order valence-electron chi connectivity index (χ1n) is 8.53. The molecular weight excluding hydrogens is 288 g/mol. The van der Waals surface area contributed by atoms with Crippen molar-refractivity contribution in [3.63, 3.8) is 0 Å². The van der Waals surface area contributed by atoms with Crippen LogP contribution in [-0.4, -0.2) is 30.3 Å². The number of rotatable bonds is 5. The fourth-order valence-electron chi connectivity index (χ4n) is 3.06. The molecule has 0 heterocycles. The monoisotopic (exact) mass is 318 g/mol. The number of benzene rings is 1. The van der Waals surface area contributed by atoms with E-state index >= 15 is 0 Å². The first-order chi connectivity index (χ1) is 10.7. The van der Waals surface area contributed by atoms with Crippen molar-refractivity contribution in [3.8, 4) is 0 Å². The second-order valence-electron chi connectivity index (χ2n) is 7.67. The summed E-state index contributed by atoms with van der Waals surface area (Å²) in [5, 5.41) is 6.40. The van der Waals surface area contributed by atoms with E-state index in [0.29, 0.717) is 18.5 Å². The minimum Gasteiger partial charge on any atom is -0.444 e. The summed E-state index contributed by atoms with van der Waals surface area (Å²) in [7, 11) is 0. The van der Waals surface area contributed by atoms with Crippen molar-refractivity contribution in [2.75, 3.05) is 6.54 Å². The van der Waals surface area contributed by atoms with Crippen LogP contribution < -0.4 is 10.6 Å². The van der Waals surface area contributed by atoms with E-state index in [1.165, 1.54) is 24.0 Å². The molecule has 1 aromatic carbocycles. The van der Waals surface area contributed by atoms with Gasteiger partial charge < -0.3 is 15.4 Å². The highest BCUT2D eigenvalue weighted by Crippen LogP contribution is 2.38. The van der Waals surface area contributed by atoms with E-state index < -0.39 is 5.60 Å². The van der Waals surface area contributed by atoms with Crippen molar-refractivity contribution < 1.29 is 9.53 Å². The Morgan fingerprint density at radius 3 is 2.57 bits per heavy atom. The smallest absolute Gasteiger partial charge is 0.407 e. The van der Waals surface area contributed by atoms with Crippen LogP contribution in [0.15, 0.2) is 24.3 Å². The van der Waals surface area contributed by atoms with Crippen LogP contribution in [0.1, 0.15) is 57.6 Å². The van der Waals surface area contributed by atoms with Crippen LogP contribution in [0.3, 0.4) is 0 Å². The van der Waals surface area contributed by atoms with Crippen LogP contribution in [0.4, 0.5) is 4.79 Å². The highest BCUT2D eigenvalue weighted by atomic mass is 16.6. The zero-order valence-electron chi connectivity index (χ0n) is 15.0. The summed E-state index contributed by atoms with van der Waals surface area (Å²) in [4.78, 5) is 11.6. The Kier molecular flexibility index (Phi) is 5.69. The lowest BCUT2D eigenvalue weighted by Gasteiger charge is -2.38. The number of alkyl carbamates (subject to hydrolysis) is 1. The zero-order chi connectivity index (χ0) is 17.0. The van der Waals surface area contributed by atoms with E-state index in [1.807, 2.05) is 20.8 Å². The second-order valence-corrected chi connectivity index (χ2v) is 7.67. The SMILES string of the molecule is Cc1ccccc1C1CC(NC(C)CNC(=O)OC(C)(C)C)C1. The minimum absolute atomic E-state index is 0.241. The molecule has 1 aliphatic rings. The molecule has 1 unspecified atom stereocenters. The molecule has 0 radical (unpaired) electrons. The van der Waals surface area contributed by atoms with Crippen LogP contribution in [-0.2, 0) is 4.74 Å². The standard InChI is InChI=1S/C19H30N2O2/c1-13-8-6-7-9-17(13)15-10-16(11-15)21-14(2)12-20-18(22)23-19(3,4)5/h6-9,14-16,21H,10-12H2,1-5H3,(H,20,22). The Labute approximate surface area is 140 Å². The highest BCUT2D eigenvalue weighted by Gasteiger charge is 2.31. The molecule has 0 saturated heterocycles. The third kappa shape index (κ3) is 5.54. The third-order valence-corrected chi connectivity index (χ3v) is 4.24. The van der Waals surface area contributed by atoms with Crippen LogP contribution in [0.5, 0.6) is 0 Å². The summed E-state index contributed by atoms with van der Waals surface area (Å²) < 4.78 is 5.24. The number of nitrogens with one attached hydrogen (secondary N) is 2. The van der Waals surface area contributed by atoms with Crippen molar-refractivity contribution in [1.82, 2.24) is 10.6 Å². The van der Waals surface area contributed by atoms with Gasteiger partial charge in [0.25, 0.3) is 0 Å². The summed E-state index contributed by atoms with van der Waals surface area (Å²) >= 11 is 0. The van der Waals surface area contributed by atoms with Gasteiger partial charge in [-0.15, -0.1) is 0 Å². The Hall–Kier alpha value is -1.55. The number of carbonyl (C=O) groups excluding carboxylic acids is 1. The Morgan fingerprint density at radius 2 is 1.96 bits per heavy atom. The highest BCUT2D eigenvalue weighted by molar-refractivity contribution is 5.67. The molecule has 0 spiro atoms. The molecule has 0 aromatic heterocycles. The molecule has 1 aliphatic carbocycles. The Balaban J connectivity index is 1.67. The van der Waals surface area contributed by atoms with Gasteiger partial charge in [0.05, 0.1) is 0 Å². The maximum absolute atomic E-state index is 11.6. The number of amides is 1. The summed E-state index contributed by atoms with van der Waals surface area (Å²) in [6, 6.07) is 9.42. The molecule has 4 heteroatoms. The van der Waals surface area contributed by atoms with Crippen molar-refractivity contribution in [3.05, 3.63) is 35.4 Å². The first-order valence-corrected chi connectivity index (χ1v) is 8.53. The van der Waals surface area contributed by atoms with E-state index in [9.17, 15) is 4.79 Å². The van der Waals surface area contributed by atoms with Crippen LogP contribution in [0, 0.1) is 6.92 Å². The fourth-order valence-corrected chi connectivity index (χ4v) is 3.06. The third-order valence-electron chi connectivity index (χ3n) is 4.24. The number of hydrogen-bond donors (Lipinski definition) is 2. The minimum atomic E-state index is -0.449. The molecule has 1 aromatic rings. The van der Waals surface area contributed by atoms with Crippen LogP contribution in [0.25, 0.3) is 0 Å². The molecule has 1 amide bonds. The predicted molar refractivity (Wildman–Crippen MR) is 93.8 cm³/mol. The van der Waals surface area contributed by atoms with Gasteiger partial charge in [-0.25, -0.2) is 4.79 Å². The molecule has 1 saturated carbocycles. The van der Waals surface area contributed by atoms with Crippen molar-refractivity contribution >= 4 is 6.09 Å². The molecule has 2 rings (SSSR count). The first kappa shape index (κ1) is 17.8. The van der Waals surface area contributed by atoms with Gasteiger partial charge in [0.15, 0.2) is 0 Å². The maximum Gasteiger partial charge on any atom is 0.407 e. The molecule has 2 N–H and O–H groups in total. The average Bonchev–Trinajstić information content (AvgIpc) is 2.39. The molecule has 23 heavy (non-hydrogen) atoms. The number of carbonyl (C=O) groups is 1. The fraction of sp³-hybridized carbons (Fsp3) is 0.632. The topological polar surface area (TPSA) is 50.4 Å². The summed E-state index contributed by atoms with van der Waals surface area (Å²) in [5.74, 6) is 0.666. The maximum atomic E-state index is 11.6. The van der Waals surface area contributed by atoms with Gasteiger partial charge >= 0.3 is 6.09 Å². The van der Waals surface area contributed by atoms with E-state index in [1.54, 1.807) is 0 Å². The predicted octanol–water partition coefficient (Wildman–Crippen LogP) is 3.74. The van der Waals surface area contributed by atoms with E-state index in [-0.39, 0.29) is 12.1 Å². The number of aryl methyl sites for hydroxylation is 1. The van der Waals surface area contributed by atoms with Gasteiger partial charge in [0.2, 0.25) is 0 Å². The van der Waals surface area contributed by atoms with Crippen LogP contribution in [0.2, 0.25) is 0 Å². The Bertz CT molecular complexity index is 530. The van der Waals surface area contributed by atoms with Gasteiger partial charge in [-0.3, -0.25) is 0 Å². The quantitative estimate of drug-likeness (QED) is 0.869. The number of hydrogen-bond acceptors (Lipinski definition) is 3. The van der Waals surface area contributed by atoms with Crippen molar-refractivity contribution in [2.45, 2.75) is 71.1 Å². The van der Waals surface area contributed by atoms with E-state index in [2.05, 4.69) is 48.7 Å². The summed E-state index contributed by atoms with van der Waals surface area (Å²) in [5.41, 5.74) is 2.41. The van der Waals surface area contributed by atoms with Crippen LogP contribution >= 0.6 is 0 Å². The normalized spacial score (nSPS) is 22.1. The summed E-state index contributed by atoms with van der Waals surface area (Å²) in [6.07, 6.45) is 1.99. The number of ether oxygens (including phenoxy) is 1. The zero-order valence-corrected chi connectivity index (χ0v) is 15.0. The molecule has 1 fully saturated rings. The van der Waals surface area contributed by atoms with Gasteiger partial charge in [0.1, 0.15) is 5.60 Å². The largest absolute Gasteiger partial charge is 0.444 e. The van der Waals surface area contributed by atoms with Gasteiger partial charge in [-0.2, -0.15) is 0 Å². The molecule has 0 aliphatic heterocycles. The molecular formula is C19H30N2O2. The Morgan fingerprint density at radius 1 is 1.30 bits per heavy atom. The van der Waals surface area contributed by atoms with Gasteiger partial charge in [-0.1, -0.05) is 24.3 Å². The summed E-state index contributed by atoms with van der Waals surface area (Å²) in [6.45, 7) is 10.5. The van der Waals surface area contributed by atoms with Gasteiger partial charge in [0, 0.05) is 18.6 Å². The molecule has 4 nitrogen and oxygen atoms in total. The lowest BCUT2D eigenvalue weighted by atomic mass is 9.74. The average molecular weight is 318 g/mol. The molecule has 1 atom stereocenters. The lowest BCUT2D eigenvalue weighted by Crippen LogP contribution is -2.49. The van der Waals surface area contributed by atoms with E-state index in [4.69, 9.17) is 4.74 Å². The van der Waals surface area contributed by atoms with Crippen molar-refractivity contribution in [1.29, 1.82) is 0 Å². The van der Waals surface area contributed by atoms with E-state index in [0.717, 1.165) is 0 Å². The lowest BCUT2D eigenvalue weighted by molar-refractivity contribution is 0.0521. The second kappa shape index (κ2) is 7.35. The van der Waals surface area contributed by atoms with Crippen molar-refractivity contribution in [2.24, 2.45) is 0 Å². The molecule has 128 valence electrons. The van der Waals surface area contributed by atoms with Gasteiger partial charge in [-0.05, 0) is 64.5 Å². The molecule has 0 bridgehead atoms.